The van der Waals surface area contributed by atoms with Crippen molar-refractivity contribution >= 4 is 11.8 Å². The molecule has 0 aromatic rings. The number of aliphatic hydroxyl groups excluding tert-OH is 4. The summed E-state index contributed by atoms with van der Waals surface area (Å²) in [5.41, 5.74) is -0.654. The van der Waals surface area contributed by atoms with Gasteiger partial charge in [0.1, 0.15) is 29.9 Å². The van der Waals surface area contributed by atoms with E-state index in [1.54, 1.807) is 6.08 Å². The van der Waals surface area contributed by atoms with E-state index in [9.17, 15) is 15.3 Å². The maximum Gasteiger partial charge on any atom is 0.132 e. The highest BCUT2D eigenvalue weighted by Gasteiger charge is 2.43. The number of ether oxygens (including phenoxy) is 1. The smallest absolute Gasteiger partial charge is 0.132 e. The summed E-state index contributed by atoms with van der Waals surface area (Å²) in [5.74, 6) is 0.558. The van der Waals surface area contributed by atoms with Crippen LogP contribution in [0.2, 0.25) is 0 Å². The molecule has 6 heteroatoms. The van der Waals surface area contributed by atoms with Gasteiger partial charge < -0.3 is 25.2 Å². The van der Waals surface area contributed by atoms with Crippen LogP contribution < -0.4 is 0 Å². The number of hydrogen-bond donors (Lipinski definition) is 4. The quantitative estimate of drug-likeness (QED) is 0.454. The number of hydrogen-bond acceptors (Lipinski definition) is 6. The standard InChI is InChI=1S/C9H16O5S/c1-2-3-15-9-8(13)7(12)6(11)5(4-10)14-9/h2,5-13H,1,3-4H2/t5-,6-,7+,8-,9?/m1/s1. The van der Waals surface area contributed by atoms with Gasteiger partial charge in [0.15, 0.2) is 0 Å². The van der Waals surface area contributed by atoms with E-state index in [1.165, 1.54) is 11.8 Å². The Labute approximate surface area is 92.4 Å². The minimum Gasteiger partial charge on any atom is -0.394 e. The van der Waals surface area contributed by atoms with E-state index in [1.807, 2.05) is 0 Å². The maximum absolute atomic E-state index is 9.58. The second kappa shape index (κ2) is 5.83. The molecule has 0 spiro atoms. The van der Waals surface area contributed by atoms with Crippen LogP contribution in [0.25, 0.3) is 0 Å². The molecule has 1 aliphatic heterocycles. The van der Waals surface area contributed by atoms with Crippen molar-refractivity contribution in [3.8, 4) is 0 Å². The molecule has 1 unspecified atom stereocenters. The summed E-state index contributed by atoms with van der Waals surface area (Å²) in [6.45, 7) is 3.13. The van der Waals surface area contributed by atoms with Crippen LogP contribution in [-0.4, -0.2) is 62.6 Å². The van der Waals surface area contributed by atoms with Crippen molar-refractivity contribution in [1.82, 2.24) is 0 Å². The van der Waals surface area contributed by atoms with Crippen LogP contribution >= 0.6 is 11.8 Å². The molecule has 1 saturated heterocycles. The lowest BCUT2D eigenvalue weighted by molar-refractivity contribution is -0.205. The number of thioether (sulfide) groups is 1. The van der Waals surface area contributed by atoms with E-state index in [2.05, 4.69) is 6.58 Å². The molecule has 4 N–H and O–H groups in total. The van der Waals surface area contributed by atoms with Gasteiger partial charge >= 0.3 is 0 Å². The van der Waals surface area contributed by atoms with Crippen LogP contribution in [0.1, 0.15) is 0 Å². The molecule has 0 aliphatic carbocycles. The van der Waals surface area contributed by atoms with Crippen LogP contribution in [0.4, 0.5) is 0 Å². The van der Waals surface area contributed by atoms with Crippen LogP contribution in [0.15, 0.2) is 12.7 Å². The van der Waals surface area contributed by atoms with E-state index < -0.39 is 36.5 Å². The summed E-state index contributed by atoms with van der Waals surface area (Å²) in [6.07, 6.45) is -2.92. The van der Waals surface area contributed by atoms with E-state index in [0.29, 0.717) is 5.75 Å². The SMILES string of the molecule is C=CCSC1O[C@H](CO)[C@@H](O)[C@H](O)[C@H]1O. The highest BCUT2D eigenvalue weighted by molar-refractivity contribution is 7.99. The second-order valence-electron chi connectivity index (χ2n) is 3.32. The molecule has 1 fully saturated rings. The highest BCUT2D eigenvalue weighted by Crippen LogP contribution is 2.28. The van der Waals surface area contributed by atoms with Crippen molar-refractivity contribution in [1.29, 1.82) is 0 Å². The van der Waals surface area contributed by atoms with Gasteiger partial charge in [-0.15, -0.1) is 18.3 Å². The maximum atomic E-state index is 9.58. The predicted molar refractivity (Wildman–Crippen MR) is 56.4 cm³/mol. The molecule has 0 aromatic heterocycles. The Bertz CT molecular complexity index is 211. The minimum absolute atomic E-state index is 0.393. The van der Waals surface area contributed by atoms with Crippen LogP contribution in [0, 0.1) is 0 Å². The van der Waals surface area contributed by atoms with Gasteiger partial charge in [-0.2, -0.15) is 0 Å². The van der Waals surface area contributed by atoms with Gasteiger partial charge in [-0.1, -0.05) is 6.08 Å². The Hall–Kier alpha value is -0.110. The Kier molecular flexibility index (Phi) is 5.04. The zero-order chi connectivity index (χ0) is 11.4. The molecule has 1 aliphatic rings. The van der Waals surface area contributed by atoms with Crippen LogP contribution in [0.5, 0.6) is 0 Å². The average Bonchev–Trinajstić information content (AvgIpc) is 2.25. The van der Waals surface area contributed by atoms with Gasteiger partial charge in [-0.05, 0) is 0 Å². The molecule has 1 rings (SSSR count). The first-order valence-electron chi connectivity index (χ1n) is 4.64. The fourth-order valence-electron chi connectivity index (χ4n) is 1.37. The second-order valence-corrected chi connectivity index (χ2v) is 4.45. The Morgan fingerprint density at radius 3 is 2.40 bits per heavy atom. The molecule has 5 atom stereocenters. The summed E-state index contributed by atoms with van der Waals surface area (Å²) >= 11 is 1.26. The lowest BCUT2D eigenvalue weighted by atomic mass is 10.0. The summed E-state index contributed by atoms with van der Waals surface area (Å²) in [6, 6.07) is 0. The van der Waals surface area contributed by atoms with Crippen molar-refractivity contribution in [2.75, 3.05) is 12.4 Å². The Balaban J connectivity index is 2.60. The molecule has 5 nitrogen and oxygen atoms in total. The van der Waals surface area contributed by atoms with Gasteiger partial charge in [-0.25, -0.2) is 0 Å². The van der Waals surface area contributed by atoms with E-state index in [0.717, 1.165) is 0 Å². The highest BCUT2D eigenvalue weighted by atomic mass is 32.2. The zero-order valence-corrected chi connectivity index (χ0v) is 9.01. The summed E-state index contributed by atoms with van der Waals surface area (Å²) in [4.78, 5) is 0. The van der Waals surface area contributed by atoms with Gasteiger partial charge in [0, 0.05) is 5.75 Å². The van der Waals surface area contributed by atoms with Gasteiger partial charge in [0.2, 0.25) is 0 Å². The zero-order valence-electron chi connectivity index (χ0n) is 8.19. The molecule has 0 radical (unpaired) electrons. The van der Waals surface area contributed by atoms with E-state index in [-0.39, 0.29) is 0 Å². The molecule has 0 aromatic carbocycles. The summed E-state index contributed by atoms with van der Waals surface area (Å²) < 4.78 is 5.24. The minimum atomic E-state index is -1.29. The average molecular weight is 236 g/mol. The molecule has 1 heterocycles. The van der Waals surface area contributed by atoms with E-state index in [4.69, 9.17) is 9.84 Å². The molecule has 0 bridgehead atoms. The molecular formula is C9H16O5S. The topological polar surface area (TPSA) is 90.2 Å². The van der Waals surface area contributed by atoms with E-state index >= 15 is 0 Å². The third-order valence-electron chi connectivity index (χ3n) is 2.23. The lowest BCUT2D eigenvalue weighted by Crippen LogP contribution is -2.57. The molecule has 0 amide bonds. The fraction of sp³-hybridized carbons (Fsp3) is 0.778. The van der Waals surface area contributed by atoms with Gasteiger partial charge in [0.25, 0.3) is 0 Å². The normalized spacial score (nSPS) is 41.5. The van der Waals surface area contributed by atoms with Crippen LogP contribution in [0.3, 0.4) is 0 Å². The monoisotopic (exact) mass is 236 g/mol. The largest absolute Gasteiger partial charge is 0.394 e. The van der Waals surface area contributed by atoms with Gasteiger partial charge in [0.05, 0.1) is 6.61 Å². The summed E-state index contributed by atoms with van der Waals surface area (Å²) in [5, 5.41) is 37.4. The molecular weight excluding hydrogens is 220 g/mol. The fourth-order valence-corrected chi connectivity index (χ4v) is 2.27. The van der Waals surface area contributed by atoms with Crippen LogP contribution in [-0.2, 0) is 4.74 Å². The van der Waals surface area contributed by atoms with Crippen molar-refractivity contribution in [2.24, 2.45) is 0 Å². The van der Waals surface area contributed by atoms with Crippen molar-refractivity contribution in [3.05, 3.63) is 12.7 Å². The third kappa shape index (κ3) is 2.93. The number of rotatable bonds is 4. The van der Waals surface area contributed by atoms with Crippen molar-refractivity contribution < 1.29 is 25.2 Å². The lowest BCUT2D eigenvalue weighted by Gasteiger charge is -2.39. The van der Waals surface area contributed by atoms with Crippen molar-refractivity contribution in [2.45, 2.75) is 29.9 Å². The summed E-state index contributed by atoms with van der Waals surface area (Å²) in [7, 11) is 0. The Morgan fingerprint density at radius 2 is 1.87 bits per heavy atom. The molecule has 88 valence electrons. The van der Waals surface area contributed by atoms with Crippen molar-refractivity contribution in [3.63, 3.8) is 0 Å². The molecule has 0 saturated carbocycles. The Morgan fingerprint density at radius 1 is 1.20 bits per heavy atom. The third-order valence-corrected chi connectivity index (χ3v) is 3.37. The predicted octanol–water partition coefficient (Wildman–Crippen LogP) is -1.29. The molecule has 15 heavy (non-hydrogen) atoms. The first kappa shape index (κ1) is 13.0. The first-order valence-corrected chi connectivity index (χ1v) is 5.69. The number of aliphatic hydroxyl groups is 4. The van der Waals surface area contributed by atoms with Gasteiger partial charge in [-0.3, -0.25) is 0 Å². The first-order chi connectivity index (χ1) is 7.11.